The zero-order valence-corrected chi connectivity index (χ0v) is 21.5. The van der Waals surface area contributed by atoms with E-state index in [1.54, 1.807) is 25.1 Å². The van der Waals surface area contributed by atoms with Gasteiger partial charge in [0.25, 0.3) is 17.7 Å². The number of urea groups is 1. The van der Waals surface area contributed by atoms with Crippen molar-refractivity contribution in [3.63, 3.8) is 0 Å². The molecule has 0 spiro atoms. The van der Waals surface area contributed by atoms with Crippen molar-refractivity contribution >= 4 is 41.2 Å². The average molecular weight is 532 g/mol. The number of ether oxygens (including phenoxy) is 2. The minimum Gasteiger partial charge on any atom is -0.490 e. The van der Waals surface area contributed by atoms with Crippen molar-refractivity contribution in [2.24, 2.45) is 0 Å². The van der Waals surface area contributed by atoms with Gasteiger partial charge in [0.1, 0.15) is 11.4 Å². The number of imide groups is 2. The van der Waals surface area contributed by atoms with Gasteiger partial charge < -0.3 is 14.8 Å². The molecule has 0 atom stereocenters. The van der Waals surface area contributed by atoms with E-state index in [1.807, 2.05) is 32.0 Å². The molecule has 1 fully saturated rings. The maximum Gasteiger partial charge on any atom is 0.335 e. The van der Waals surface area contributed by atoms with Gasteiger partial charge in [-0.3, -0.25) is 19.7 Å². The van der Waals surface area contributed by atoms with E-state index in [0.717, 1.165) is 28.2 Å². The summed E-state index contributed by atoms with van der Waals surface area (Å²) in [5, 5.41) is 4.93. The number of barbiturate groups is 1. The molecule has 10 heteroatoms. The van der Waals surface area contributed by atoms with Crippen molar-refractivity contribution < 1.29 is 33.0 Å². The summed E-state index contributed by atoms with van der Waals surface area (Å²) in [6, 6.07) is 14.1. The number of halogens is 1. The first kappa shape index (κ1) is 27.1. The Hall–Kier alpha value is -4.99. The van der Waals surface area contributed by atoms with Crippen molar-refractivity contribution in [2.75, 3.05) is 23.4 Å². The fraction of sp³-hybridized carbons (Fsp3) is 0.172. The zero-order valence-electron chi connectivity index (χ0n) is 21.5. The number of anilines is 2. The molecular weight excluding hydrogens is 505 g/mol. The molecule has 4 rings (SSSR count). The Morgan fingerprint density at radius 2 is 1.72 bits per heavy atom. The normalized spacial score (nSPS) is 14.3. The molecule has 200 valence electrons. The highest BCUT2D eigenvalue weighted by Gasteiger charge is 2.36. The molecule has 0 saturated carbocycles. The lowest BCUT2D eigenvalue weighted by molar-refractivity contribution is -0.122. The van der Waals surface area contributed by atoms with E-state index in [9.17, 15) is 23.6 Å². The molecule has 3 aromatic carbocycles. The monoisotopic (exact) mass is 531 g/mol. The fourth-order valence-corrected chi connectivity index (χ4v) is 3.93. The van der Waals surface area contributed by atoms with Crippen molar-refractivity contribution in [2.45, 2.75) is 20.8 Å². The van der Waals surface area contributed by atoms with Crippen LogP contribution >= 0.6 is 0 Å². The van der Waals surface area contributed by atoms with Crippen LogP contribution in [-0.4, -0.2) is 37.0 Å². The minimum atomic E-state index is -0.938. The van der Waals surface area contributed by atoms with Crippen LogP contribution in [0.2, 0.25) is 0 Å². The summed E-state index contributed by atoms with van der Waals surface area (Å²) in [7, 11) is 0. The number of carbonyl (C=O) groups is 4. The van der Waals surface area contributed by atoms with Gasteiger partial charge in [0, 0.05) is 5.69 Å². The summed E-state index contributed by atoms with van der Waals surface area (Å²) in [4.78, 5) is 51.1. The minimum absolute atomic E-state index is 0.107. The Labute approximate surface area is 224 Å². The summed E-state index contributed by atoms with van der Waals surface area (Å²) in [6.45, 7) is 5.65. The smallest absolute Gasteiger partial charge is 0.335 e. The summed E-state index contributed by atoms with van der Waals surface area (Å²) in [5.41, 5.74) is 2.91. The van der Waals surface area contributed by atoms with E-state index >= 15 is 0 Å². The first-order chi connectivity index (χ1) is 18.7. The van der Waals surface area contributed by atoms with Crippen LogP contribution in [0.15, 0.2) is 66.2 Å². The van der Waals surface area contributed by atoms with Crippen molar-refractivity contribution in [1.29, 1.82) is 0 Å². The van der Waals surface area contributed by atoms with Crippen LogP contribution in [0.5, 0.6) is 11.5 Å². The van der Waals surface area contributed by atoms with Crippen LogP contribution in [0.1, 0.15) is 23.6 Å². The van der Waals surface area contributed by atoms with Gasteiger partial charge in [-0.05, 0) is 80.4 Å². The highest BCUT2D eigenvalue weighted by molar-refractivity contribution is 6.39. The number of hydrogen-bond donors (Lipinski definition) is 2. The molecule has 5 amide bonds. The lowest BCUT2D eigenvalue weighted by Gasteiger charge is -2.26. The highest BCUT2D eigenvalue weighted by atomic mass is 19.1. The third kappa shape index (κ3) is 6.30. The molecule has 0 aliphatic carbocycles. The number of nitrogens with zero attached hydrogens (tertiary/aromatic N) is 1. The van der Waals surface area contributed by atoms with Gasteiger partial charge in [-0.2, -0.15) is 0 Å². The number of rotatable bonds is 8. The van der Waals surface area contributed by atoms with Crippen LogP contribution < -0.4 is 25.0 Å². The number of hydrogen-bond acceptors (Lipinski definition) is 6. The molecule has 0 radical (unpaired) electrons. The predicted octanol–water partition coefficient (Wildman–Crippen LogP) is 4.53. The predicted molar refractivity (Wildman–Crippen MR) is 143 cm³/mol. The Kier molecular flexibility index (Phi) is 8.04. The standard InChI is InChI=1S/C29H26FN3O6/c1-4-38-25-15-19(6-12-24(25)39-16-26(34)31-23-11-5-17(2)13-18(23)3)14-22-27(35)32-29(37)33(28(22)36)21-9-7-20(30)8-10-21/h5-15H,4,16H2,1-3H3,(H,31,34)(H,32,35,37)/b22-14+. The maximum atomic E-state index is 13.3. The quantitative estimate of drug-likeness (QED) is 0.326. The number of amides is 5. The SMILES string of the molecule is CCOc1cc(/C=C2\C(=O)NC(=O)N(c3ccc(F)cc3)C2=O)ccc1OCC(=O)Nc1ccc(C)cc1C. The third-order valence-electron chi connectivity index (χ3n) is 5.78. The van der Waals surface area contributed by atoms with E-state index in [-0.39, 0.29) is 36.1 Å². The molecule has 9 nitrogen and oxygen atoms in total. The largest absolute Gasteiger partial charge is 0.490 e. The van der Waals surface area contributed by atoms with E-state index in [2.05, 4.69) is 10.6 Å². The van der Waals surface area contributed by atoms with Gasteiger partial charge in [0.05, 0.1) is 12.3 Å². The molecule has 0 bridgehead atoms. The number of benzene rings is 3. The Morgan fingerprint density at radius 1 is 0.974 bits per heavy atom. The molecule has 1 aliphatic heterocycles. The van der Waals surface area contributed by atoms with Crippen molar-refractivity contribution in [3.8, 4) is 11.5 Å². The Morgan fingerprint density at radius 3 is 2.41 bits per heavy atom. The van der Waals surface area contributed by atoms with Crippen LogP contribution in [-0.2, 0) is 14.4 Å². The second-order valence-corrected chi connectivity index (χ2v) is 8.73. The van der Waals surface area contributed by atoms with Crippen LogP contribution in [0, 0.1) is 19.7 Å². The van der Waals surface area contributed by atoms with Crippen molar-refractivity contribution in [3.05, 3.63) is 88.7 Å². The fourth-order valence-electron chi connectivity index (χ4n) is 3.93. The van der Waals surface area contributed by atoms with Crippen LogP contribution in [0.25, 0.3) is 6.08 Å². The van der Waals surface area contributed by atoms with Gasteiger partial charge >= 0.3 is 6.03 Å². The van der Waals surface area contributed by atoms with E-state index < -0.39 is 23.7 Å². The van der Waals surface area contributed by atoms with Gasteiger partial charge in [0.2, 0.25) is 0 Å². The van der Waals surface area contributed by atoms with Gasteiger partial charge in [-0.15, -0.1) is 0 Å². The lowest BCUT2D eigenvalue weighted by atomic mass is 10.1. The first-order valence-electron chi connectivity index (χ1n) is 12.1. The van der Waals surface area contributed by atoms with Gasteiger partial charge in [0.15, 0.2) is 18.1 Å². The number of nitrogens with one attached hydrogen (secondary N) is 2. The second-order valence-electron chi connectivity index (χ2n) is 8.73. The Bertz CT molecular complexity index is 1480. The first-order valence-corrected chi connectivity index (χ1v) is 12.1. The Balaban J connectivity index is 1.53. The van der Waals surface area contributed by atoms with Gasteiger partial charge in [-0.1, -0.05) is 23.8 Å². The molecule has 1 saturated heterocycles. The number of aryl methyl sites for hydroxylation is 2. The van der Waals surface area contributed by atoms with Crippen LogP contribution in [0.4, 0.5) is 20.6 Å². The van der Waals surface area contributed by atoms with E-state index in [0.29, 0.717) is 17.0 Å². The zero-order chi connectivity index (χ0) is 28.1. The molecule has 0 unspecified atom stereocenters. The molecule has 0 aromatic heterocycles. The van der Waals surface area contributed by atoms with Crippen LogP contribution in [0.3, 0.4) is 0 Å². The summed E-state index contributed by atoms with van der Waals surface area (Å²) >= 11 is 0. The van der Waals surface area contributed by atoms with Gasteiger partial charge in [-0.25, -0.2) is 14.1 Å². The molecule has 39 heavy (non-hydrogen) atoms. The summed E-state index contributed by atoms with van der Waals surface area (Å²) in [5.74, 6) is -2.05. The summed E-state index contributed by atoms with van der Waals surface area (Å²) < 4.78 is 24.7. The van der Waals surface area contributed by atoms with E-state index in [1.165, 1.54) is 18.2 Å². The maximum absolute atomic E-state index is 13.3. The molecule has 2 N–H and O–H groups in total. The molecule has 1 aliphatic rings. The number of carbonyl (C=O) groups excluding carboxylic acids is 4. The molecule has 3 aromatic rings. The lowest BCUT2D eigenvalue weighted by Crippen LogP contribution is -2.54. The third-order valence-corrected chi connectivity index (χ3v) is 5.78. The van der Waals surface area contributed by atoms with Crippen molar-refractivity contribution in [1.82, 2.24) is 5.32 Å². The topological polar surface area (TPSA) is 114 Å². The molecular formula is C29H26FN3O6. The average Bonchev–Trinajstić information content (AvgIpc) is 2.89. The summed E-state index contributed by atoms with van der Waals surface area (Å²) in [6.07, 6.45) is 1.31. The highest BCUT2D eigenvalue weighted by Crippen LogP contribution is 2.30. The second kappa shape index (κ2) is 11.6. The van der Waals surface area contributed by atoms with E-state index in [4.69, 9.17) is 9.47 Å². The molecule has 1 heterocycles.